The first kappa shape index (κ1) is 13.6. The van der Waals surface area contributed by atoms with E-state index in [2.05, 4.69) is 20.2 Å². The minimum atomic E-state index is -2.87. The molecule has 2 fully saturated rings. The van der Waals surface area contributed by atoms with E-state index in [0.717, 1.165) is 30.5 Å². The van der Waals surface area contributed by atoms with Gasteiger partial charge in [-0.25, -0.2) is 18.4 Å². The largest absolute Gasteiger partial charge is 0.366 e. The Morgan fingerprint density at radius 3 is 2.70 bits per heavy atom. The van der Waals surface area contributed by atoms with Gasteiger partial charge in [0.05, 0.1) is 11.5 Å². The van der Waals surface area contributed by atoms with E-state index in [4.69, 9.17) is 0 Å². The van der Waals surface area contributed by atoms with E-state index < -0.39 is 9.84 Å². The highest BCUT2D eigenvalue weighted by Gasteiger charge is 2.28. The number of aryl methyl sites for hydroxylation is 1. The van der Waals surface area contributed by atoms with E-state index >= 15 is 0 Å². The van der Waals surface area contributed by atoms with Gasteiger partial charge >= 0.3 is 0 Å². The zero-order chi connectivity index (χ0) is 14.2. The first-order valence-electron chi connectivity index (χ1n) is 7.09. The molecule has 0 amide bonds. The molecule has 110 valence electrons. The van der Waals surface area contributed by atoms with Gasteiger partial charge in [0.25, 0.3) is 0 Å². The van der Waals surface area contributed by atoms with Gasteiger partial charge in [-0.2, -0.15) is 0 Å². The molecule has 0 aromatic carbocycles. The summed E-state index contributed by atoms with van der Waals surface area (Å²) in [6.07, 6.45) is 3.06. The molecule has 3 rings (SSSR count). The molecular weight excluding hydrogens is 276 g/mol. The molecule has 20 heavy (non-hydrogen) atoms. The molecular formula is C13H20N4O2S. The Balaban J connectivity index is 1.76. The molecule has 1 aromatic rings. The topological polar surface area (TPSA) is 75.2 Å². The average Bonchev–Trinajstić information content (AvgIpc) is 2.98. The highest BCUT2D eigenvalue weighted by atomic mass is 32.2. The third-order valence-electron chi connectivity index (χ3n) is 3.84. The highest BCUT2D eigenvalue weighted by Crippen LogP contribution is 2.22. The molecule has 1 unspecified atom stereocenters. The second-order valence-electron chi connectivity index (χ2n) is 5.60. The van der Waals surface area contributed by atoms with E-state index in [1.807, 2.05) is 13.0 Å². The fourth-order valence-corrected chi connectivity index (χ4v) is 4.53. The lowest BCUT2D eigenvalue weighted by molar-refractivity contribution is 0.602. The summed E-state index contributed by atoms with van der Waals surface area (Å²) in [5.74, 6) is 2.88. The summed E-state index contributed by atoms with van der Waals surface area (Å²) in [6.45, 7) is 3.94. The van der Waals surface area contributed by atoms with Crippen LogP contribution in [0.25, 0.3) is 0 Å². The summed E-state index contributed by atoms with van der Waals surface area (Å²) in [5.41, 5.74) is 0. The van der Waals surface area contributed by atoms with Gasteiger partial charge in [-0.05, 0) is 26.2 Å². The molecule has 2 saturated heterocycles. The van der Waals surface area contributed by atoms with Crippen molar-refractivity contribution in [1.82, 2.24) is 9.97 Å². The summed E-state index contributed by atoms with van der Waals surface area (Å²) in [7, 11) is -2.87. The lowest BCUT2D eigenvalue weighted by Gasteiger charge is -2.19. The summed E-state index contributed by atoms with van der Waals surface area (Å²) in [5, 5.41) is 3.24. The molecule has 0 aliphatic carbocycles. The van der Waals surface area contributed by atoms with Gasteiger partial charge in [0.2, 0.25) is 0 Å². The standard InChI is InChI=1S/C13H20N4O2S/c1-10-14-12(16-11-4-7-20(18,19)9-11)8-13(15-10)17-5-2-3-6-17/h8,11H,2-7,9H2,1H3,(H,14,15,16). The molecule has 6 nitrogen and oxygen atoms in total. The van der Waals surface area contributed by atoms with Crippen molar-refractivity contribution in [3.05, 3.63) is 11.9 Å². The van der Waals surface area contributed by atoms with E-state index in [1.54, 1.807) is 0 Å². The van der Waals surface area contributed by atoms with Crippen molar-refractivity contribution in [1.29, 1.82) is 0 Å². The SMILES string of the molecule is Cc1nc(NC2CCS(=O)(=O)C2)cc(N2CCCC2)n1. The van der Waals surface area contributed by atoms with Crippen molar-refractivity contribution in [2.75, 3.05) is 34.8 Å². The van der Waals surface area contributed by atoms with Crippen molar-refractivity contribution < 1.29 is 8.42 Å². The maximum absolute atomic E-state index is 11.5. The predicted molar refractivity (Wildman–Crippen MR) is 78.9 cm³/mol. The number of nitrogens with one attached hydrogen (secondary N) is 1. The molecule has 0 bridgehead atoms. The molecule has 0 radical (unpaired) electrons. The number of nitrogens with zero attached hydrogens (tertiary/aromatic N) is 3. The van der Waals surface area contributed by atoms with Gasteiger partial charge in [-0.3, -0.25) is 0 Å². The molecule has 7 heteroatoms. The van der Waals surface area contributed by atoms with Crippen LogP contribution in [0.5, 0.6) is 0 Å². The molecule has 1 aromatic heterocycles. The summed E-state index contributed by atoms with van der Waals surface area (Å²) in [4.78, 5) is 11.1. The second-order valence-corrected chi connectivity index (χ2v) is 7.83. The van der Waals surface area contributed by atoms with E-state index in [9.17, 15) is 8.42 Å². The van der Waals surface area contributed by atoms with Gasteiger partial charge in [-0.1, -0.05) is 0 Å². The first-order valence-corrected chi connectivity index (χ1v) is 8.92. The van der Waals surface area contributed by atoms with E-state index in [-0.39, 0.29) is 17.5 Å². The zero-order valence-electron chi connectivity index (χ0n) is 11.7. The number of hydrogen-bond donors (Lipinski definition) is 1. The number of anilines is 2. The van der Waals surface area contributed by atoms with Crippen LogP contribution in [0.3, 0.4) is 0 Å². The van der Waals surface area contributed by atoms with Crippen LogP contribution in [0.2, 0.25) is 0 Å². The van der Waals surface area contributed by atoms with Crippen molar-refractivity contribution in [2.24, 2.45) is 0 Å². The minimum Gasteiger partial charge on any atom is -0.366 e. The highest BCUT2D eigenvalue weighted by molar-refractivity contribution is 7.91. The van der Waals surface area contributed by atoms with Crippen molar-refractivity contribution in [3.8, 4) is 0 Å². The van der Waals surface area contributed by atoms with Crippen molar-refractivity contribution >= 4 is 21.5 Å². The van der Waals surface area contributed by atoms with Crippen LogP contribution < -0.4 is 10.2 Å². The van der Waals surface area contributed by atoms with Crippen LogP contribution in [0.15, 0.2) is 6.07 Å². The maximum atomic E-state index is 11.5. The van der Waals surface area contributed by atoms with Gasteiger partial charge in [0, 0.05) is 25.2 Å². The Hall–Kier alpha value is -1.37. The van der Waals surface area contributed by atoms with Crippen molar-refractivity contribution in [2.45, 2.75) is 32.2 Å². The van der Waals surface area contributed by atoms with Crippen LogP contribution >= 0.6 is 0 Å². The maximum Gasteiger partial charge on any atom is 0.152 e. The molecule has 0 spiro atoms. The summed E-state index contributed by atoms with van der Waals surface area (Å²) in [6, 6.07) is 1.91. The second kappa shape index (κ2) is 5.20. The Morgan fingerprint density at radius 2 is 2.05 bits per heavy atom. The Bertz CT molecular complexity index is 596. The first-order chi connectivity index (χ1) is 9.52. The molecule has 1 N–H and O–H groups in total. The van der Waals surface area contributed by atoms with Gasteiger partial charge in [-0.15, -0.1) is 0 Å². The van der Waals surface area contributed by atoms with Crippen LogP contribution in [-0.4, -0.2) is 49.0 Å². The number of rotatable bonds is 3. The third-order valence-corrected chi connectivity index (χ3v) is 5.61. The van der Waals surface area contributed by atoms with E-state index in [1.165, 1.54) is 12.8 Å². The molecule has 1 atom stereocenters. The Morgan fingerprint density at radius 1 is 1.30 bits per heavy atom. The molecule has 3 heterocycles. The minimum absolute atomic E-state index is 0.0271. The van der Waals surface area contributed by atoms with Crippen LogP contribution in [0.4, 0.5) is 11.6 Å². The summed E-state index contributed by atoms with van der Waals surface area (Å²) >= 11 is 0. The number of sulfone groups is 1. The van der Waals surface area contributed by atoms with Gasteiger partial charge < -0.3 is 10.2 Å². The van der Waals surface area contributed by atoms with Crippen molar-refractivity contribution in [3.63, 3.8) is 0 Å². The molecule has 2 aliphatic rings. The average molecular weight is 296 g/mol. The molecule has 0 saturated carbocycles. The number of aromatic nitrogens is 2. The van der Waals surface area contributed by atoms with Gasteiger partial charge in [0.15, 0.2) is 9.84 Å². The monoisotopic (exact) mass is 296 g/mol. The smallest absolute Gasteiger partial charge is 0.152 e. The van der Waals surface area contributed by atoms with Crippen LogP contribution in [-0.2, 0) is 9.84 Å². The van der Waals surface area contributed by atoms with Crippen LogP contribution in [0.1, 0.15) is 25.1 Å². The fraction of sp³-hybridized carbons (Fsp3) is 0.692. The van der Waals surface area contributed by atoms with E-state index in [0.29, 0.717) is 6.42 Å². The van der Waals surface area contributed by atoms with Crippen LogP contribution in [0, 0.1) is 6.92 Å². The lowest BCUT2D eigenvalue weighted by atomic mass is 10.2. The lowest BCUT2D eigenvalue weighted by Crippen LogP contribution is -2.23. The summed E-state index contributed by atoms with van der Waals surface area (Å²) < 4.78 is 23.0. The Kier molecular flexibility index (Phi) is 3.54. The third kappa shape index (κ3) is 3.03. The normalized spacial score (nSPS) is 25.1. The zero-order valence-corrected chi connectivity index (χ0v) is 12.5. The quantitative estimate of drug-likeness (QED) is 0.896. The fourth-order valence-electron chi connectivity index (χ4n) is 2.85. The predicted octanol–water partition coefficient (Wildman–Crippen LogP) is 0.984. The number of hydrogen-bond acceptors (Lipinski definition) is 6. The molecule has 2 aliphatic heterocycles. The Labute approximate surface area is 119 Å². The van der Waals surface area contributed by atoms with Gasteiger partial charge in [0.1, 0.15) is 17.5 Å².